The molecule has 2 aliphatic rings. The minimum absolute atomic E-state index is 0.0804. The van der Waals surface area contributed by atoms with Crippen molar-refractivity contribution in [2.45, 2.75) is 36.9 Å². The van der Waals surface area contributed by atoms with Crippen molar-refractivity contribution < 1.29 is 19.1 Å². The van der Waals surface area contributed by atoms with E-state index in [1.807, 2.05) is 13.8 Å². The normalized spacial score (nSPS) is 17.8. The van der Waals surface area contributed by atoms with Gasteiger partial charge in [-0.15, -0.1) is 10.2 Å². The van der Waals surface area contributed by atoms with Gasteiger partial charge < -0.3 is 20.5 Å². The second-order valence-electron chi connectivity index (χ2n) is 10.8. The highest BCUT2D eigenvalue weighted by atomic mass is 35.5. The number of rotatable bonds is 8. The molecule has 1 atom stereocenters. The Hall–Kier alpha value is -4.05. The zero-order valence-corrected chi connectivity index (χ0v) is 26.3. The van der Waals surface area contributed by atoms with Crippen LogP contribution in [0.5, 0.6) is 11.5 Å². The van der Waals surface area contributed by atoms with Gasteiger partial charge in [0.1, 0.15) is 17.3 Å². The van der Waals surface area contributed by atoms with Gasteiger partial charge in [-0.05, 0) is 48.2 Å². The summed E-state index contributed by atoms with van der Waals surface area (Å²) in [5.41, 5.74) is 8.93. The molecule has 0 spiro atoms. The Morgan fingerprint density at radius 1 is 1.23 bits per heavy atom. The van der Waals surface area contributed by atoms with Crippen molar-refractivity contribution in [2.24, 2.45) is 11.1 Å². The molecule has 222 valence electrons. The highest BCUT2D eigenvalue weighted by molar-refractivity contribution is 8.01. The van der Waals surface area contributed by atoms with Gasteiger partial charge in [-0.2, -0.15) is 5.26 Å². The standard InChI is InChI=1S/C30H29ClN6O4S2/c1-30(2)12-21-26(22(38)13-30)25(19-11-18(40-3)8-9-23(19)41-4)20(14-32)27(33)37(21)28-35-36-29(43-28)42-15-24(39)34-17-7-5-6-16(31)10-17/h5-11,25H,12-13,15,33H2,1-4H3,(H,34,39). The van der Waals surface area contributed by atoms with Gasteiger partial charge in [-0.1, -0.05) is 54.6 Å². The summed E-state index contributed by atoms with van der Waals surface area (Å²) in [6.07, 6.45) is 0.820. The monoisotopic (exact) mass is 636 g/mol. The molecule has 0 saturated heterocycles. The maximum absolute atomic E-state index is 13.9. The third-order valence-corrected chi connectivity index (χ3v) is 9.43. The van der Waals surface area contributed by atoms with Crippen LogP contribution in [0.3, 0.4) is 0 Å². The number of methoxy groups -OCH3 is 2. The van der Waals surface area contributed by atoms with E-state index in [4.69, 9.17) is 26.8 Å². The lowest BCUT2D eigenvalue weighted by Crippen LogP contribution is -2.42. The van der Waals surface area contributed by atoms with E-state index in [1.165, 1.54) is 30.2 Å². The van der Waals surface area contributed by atoms with Gasteiger partial charge in [-0.25, -0.2) is 0 Å². The van der Waals surface area contributed by atoms with Crippen molar-refractivity contribution in [1.82, 2.24) is 10.2 Å². The van der Waals surface area contributed by atoms with Gasteiger partial charge in [0.15, 0.2) is 10.1 Å². The van der Waals surface area contributed by atoms with Crippen LogP contribution >= 0.6 is 34.7 Å². The van der Waals surface area contributed by atoms with Gasteiger partial charge >= 0.3 is 0 Å². The lowest BCUT2D eigenvalue weighted by molar-refractivity contribution is -0.118. The molecule has 0 radical (unpaired) electrons. The number of carbonyl (C=O) groups excluding carboxylic acids is 2. The number of anilines is 2. The number of allylic oxidation sites excluding steroid dienone is 3. The first-order valence-electron chi connectivity index (χ1n) is 13.2. The van der Waals surface area contributed by atoms with E-state index >= 15 is 0 Å². The molecular formula is C30H29ClN6O4S2. The van der Waals surface area contributed by atoms with Crippen LogP contribution in [0, 0.1) is 16.7 Å². The zero-order valence-electron chi connectivity index (χ0n) is 23.9. The summed E-state index contributed by atoms with van der Waals surface area (Å²) in [5.74, 6) is 0.262. The van der Waals surface area contributed by atoms with Gasteiger partial charge in [0, 0.05) is 34.0 Å². The zero-order chi connectivity index (χ0) is 30.9. The quantitative estimate of drug-likeness (QED) is 0.288. The predicted molar refractivity (Wildman–Crippen MR) is 167 cm³/mol. The maximum Gasteiger partial charge on any atom is 0.234 e. The number of nitrogens with one attached hydrogen (secondary N) is 1. The van der Waals surface area contributed by atoms with Crippen molar-refractivity contribution >= 4 is 57.2 Å². The number of benzene rings is 2. The molecule has 3 N–H and O–H groups in total. The largest absolute Gasteiger partial charge is 0.497 e. The minimum atomic E-state index is -0.748. The van der Waals surface area contributed by atoms with Crippen molar-refractivity contribution in [3.05, 3.63) is 75.7 Å². The summed E-state index contributed by atoms with van der Waals surface area (Å²) in [6, 6.07) is 14.4. The summed E-state index contributed by atoms with van der Waals surface area (Å²) in [4.78, 5) is 28.1. The van der Waals surface area contributed by atoms with Crippen molar-refractivity contribution in [3.63, 3.8) is 0 Å². The van der Waals surface area contributed by atoms with E-state index < -0.39 is 5.92 Å². The first-order valence-corrected chi connectivity index (χ1v) is 15.4. The molecule has 1 aliphatic heterocycles. The molecule has 0 saturated carbocycles. The molecule has 3 aromatic rings. The second-order valence-corrected chi connectivity index (χ2v) is 13.4. The Balaban J connectivity index is 1.51. The maximum atomic E-state index is 13.9. The SMILES string of the molecule is COc1ccc(OC)c(C2C(C#N)=C(N)N(c3nnc(SCC(=O)Nc4cccc(Cl)c4)s3)C3=C2C(=O)CC(C)(C)C3)c1. The first-order chi connectivity index (χ1) is 20.5. The summed E-state index contributed by atoms with van der Waals surface area (Å²) in [5, 5.41) is 22.8. The Morgan fingerprint density at radius 3 is 2.72 bits per heavy atom. The Labute approximate surface area is 262 Å². The van der Waals surface area contributed by atoms with Gasteiger partial charge in [0.05, 0.1) is 37.5 Å². The van der Waals surface area contributed by atoms with Crippen LogP contribution in [-0.2, 0) is 9.59 Å². The van der Waals surface area contributed by atoms with Crippen molar-refractivity contribution in [2.75, 3.05) is 30.2 Å². The van der Waals surface area contributed by atoms with Crippen LogP contribution in [0.25, 0.3) is 0 Å². The van der Waals surface area contributed by atoms with Crippen LogP contribution in [-0.4, -0.2) is 41.9 Å². The summed E-state index contributed by atoms with van der Waals surface area (Å²) < 4.78 is 11.6. The third kappa shape index (κ3) is 6.20. The second kappa shape index (κ2) is 12.3. The van der Waals surface area contributed by atoms with Crippen LogP contribution < -0.4 is 25.4 Å². The minimum Gasteiger partial charge on any atom is -0.497 e. The first kappa shape index (κ1) is 30.4. The molecule has 1 aliphatic carbocycles. The molecule has 0 bridgehead atoms. The van der Waals surface area contributed by atoms with Crippen LogP contribution in [0.1, 0.15) is 38.2 Å². The molecular weight excluding hydrogens is 608 g/mol. The number of hydrogen-bond acceptors (Lipinski definition) is 11. The van der Waals surface area contributed by atoms with Crippen LogP contribution in [0.2, 0.25) is 5.02 Å². The molecule has 1 unspecified atom stereocenters. The fourth-order valence-corrected chi connectivity index (χ4v) is 7.22. The predicted octanol–water partition coefficient (Wildman–Crippen LogP) is 5.88. The molecule has 2 heterocycles. The van der Waals surface area contributed by atoms with Gasteiger partial charge in [-0.3, -0.25) is 14.5 Å². The fourth-order valence-electron chi connectivity index (χ4n) is 5.35. The number of halogens is 1. The van der Waals surface area contributed by atoms with E-state index in [1.54, 1.807) is 54.5 Å². The molecule has 10 nitrogen and oxygen atoms in total. The average molecular weight is 637 g/mol. The highest BCUT2D eigenvalue weighted by Gasteiger charge is 2.46. The number of nitrogens with two attached hydrogens (primary N) is 1. The number of thioether (sulfide) groups is 1. The highest BCUT2D eigenvalue weighted by Crippen LogP contribution is 2.52. The average Bonchev–Trinajstić information content (AvgIpc) is 3.43. The third-order valence-electron chi connectivity index (χ3n) is 7.15. The topological polar surface area (TPSA) is 143 Å². The number of Topliss-reactive ketones (excluding diaryl/α,β-unsaturated/α-hetero) is 1. The van der Waals surface area contributed by atoms with Crippen molar-refractivity contribution in [1.29, 1.82) is 5.26 Å². The smallest absolute Gasteiger partial charge is 0.234 e. The van der Waals surface area contributed by atoms with Crippen molar-refractivity contribution in [3.8, 4) is 17.6 Å². The van der Waals surface area contributed by atoms with Gasteiger partial charge in [0.25, 0.3) is 0 Å². The number of nitrogens with zero attached hydrogens (tertiary/aromatic N) is 4. The van der Waals surface area contributed by atoms with E-state index in [9.17, 15) is 14.9 Å². The fraction of sp³-hybridized carbons (Fsp3) is 0.300. The van der Waals surface area contributed by atoms with Gasteiger partial charge in [0.2, 0.25) is 11.0 Å². The Bertz CT molecular complexity index is 1710. The molecule has 2 aromatic carbocycles. The van der Waals surface area contributed by atoms with E-state index in [0.717, 1.165) is 0 Å². The molecule has 43 heavy (non-hydrogen) atoms. The number of aromatic nitrogens is 2. The number of amides is 1. The lowest BCUT2D eigenvalue weighted by atomic mass is 9.68. The number of carbonyl (C=O) groups is 2. The number of ether oxygens (including phenoxy) is 2. The Kier molecular flexibility index (Phi) is 8.69. The van der Waals surface area contributed by atoms with E-state index in [-0.39, 0.29) is 34.3 Å². The summed E-state index contributed by atoms with van der Waals surface area (Å²) >= 11 is 8.45. The number of nitriles is 1. The molecule has 1 amide bonds. The van der Waals surface area contributed by atoms with Crippen LogP contribution in [0.4, 0.5) is 10.8 Å². The molecule has 1 aromatic heterocycles. The van der Waals surface area contributed by atoms with Crippen LogP contribution in [0.15, 0.2) is 69.5 Å². The summed E-state index contributed by atoms with van der Waals surface area (Å²) in [7, 11) is 3.09. The molecule has 5 rings (SSSR count). The van der Waals surface area contributed by atoms with E-state index in [2.05, 4.69) is 21.6 Å². The summed E-state index contributed by atoms with van der Waals surface area (Å²) in [6.45, 7) is 4.04. The van der Waals surface area contributed by atoms with E-state index in [0.29, 0.717) is 61.4 Å². The lowest BCUT2D eigenvalue weighted by Gasteiger charge is -2.42. The molecule has 0 fully saturated rings. The number of hydrogen-bond donors (Lipinski definition) is 2. The number of ketones is 1. The molecule has 13 heteroatoms. The Morgan fingerprint density at radius 2 is 2.02 bits per heavy atom.